The van der Waals surface area contributed by atoms with Gasteiger partial charge in [0.05, 0.1) is 91.2 Å². The summed E-state index contributed by atoms with van der Waals surface area (Å²) in [7, 11) is 0. The molecule has 4 aromatic heterocycles. The summed E-state index contributed by atoms with van der Waals surface area (Å²) in [6.45, 7) is 13.2. The van der Waals surface area contributed by atoms with Gasteiger partial charge in [-0.1, -0.05) is 24.3 Å². The molecular weight excluding hydrogens is 1220 g/mol. The van der Waals surface area contributed by atoms with Gasteiger partial charge in [-0.3, -0.25) is 0 Å². The number of pyridine rings is 4. The molecule has 480 valence electrons. The van der Waals surface area contributed by atoms with Crippen LogP contribution < -0.4 is 0 Å². The lowest BCUT2D eigenvalue weighted by molar-refractivity contribution is 0.549. The number of aliphatic hydroxyl groups is 8. The molecule has 11 heterocycles. The van der Waals surface area contributed by atoms with E-state index in [0.717, 1.165) is 0 Å². The normalized spacial score (nSPS) is 21.8. The van der Waals surface area contributed by atoms with Crippen LogP contribution in [0.2, 0.25) is 0 Å². The van der Waals surface area contributed by atoms with Crippen LogP contribution in [0.15, 0.2) is 251 Å². The standard InChI is InChI=1S/C68H60N20O8/c1-37-53-13-9-14-54(69-53)38(2)74-82-62(90)47-25-27-48(28-26-47)64(92)84-76-41(5)57-17-11-18-58(71-57)42(6)78-86-66(94)51-33-35-52(36-34-51)68(96)88-80-44(8)60-20-12-19-59(72-60)43(7)79-87-67(95)50-31-29-49(30-32-50)65(93)85-77-40(4)56-16-10-15-55(70-56)39(3)75-83-63(91)46-23-21-45(22-24-46)61(89)81-73-37/h9-36H,1-8H3,(H,81,89)(H,82,90)(H,83,91)(H,84,92)(H,85,93)(H,86,94)(H,87,95)(H,88,96)/b73-37+,74-38+,75-39+,76-41+,77-40+,78-42+,79-43+,80-44+. The summed E-state index contributed by atoms with van der Waals surface area (Å²) in [6, 6.07) is 44.7. The van der Waals surface area contributed by atoms with E-state index in [4.69, 9.17) is 0 Å². The predicted molar refractivity (Wildman–Crippen MR) is 374 cm³/mol. The number of hydrogen-bond acceptors (Lipinski definition) is 20. The zero-order chi connectivity index (χ0) is 68.4. The lowest BCUT2D eigenvalue weighted by atomic mass is 10.1. The van der Waals surface area contributed by atoms with Gasteiger partial charge >= 0.3 is 0 Å². The Kier molecular flexibility index (Phi) is 21.7. The molecular formula is C68H60N20O8. The number of nitrogens with zero attached hydrogens (tertiary/aromatic N) is 20. The highest BCUT2D eigenvalue weighted by molar-refractivity contribution is 6.07. The average molecular weight is 1290 g/mol. The fourth-order valence-electron chi connectivity index (χ4n) is 8.27. The van der Waals surface area contributed by atoms with Gasteiger partial charge in [-0.05, 0) is 201 Å². The molecule has 0 unspecified atom stereocenters. The lowest BCUT2D eigenvalue weighted by Gasteiger charge is -2.04. The fraction of sp³-hybridized carbons (Fsp3) is 0.118. The first-order valence-corrected chi connectivity index (χ1v) is 29.0. The summed E-state index contributed by atoms with van der Waals surface area (Å²) in [5, 5.41) is 152. The molecule has 0 amide bonds. The monoisotopic (exact) mass is 1280 g/mol. The van der Waals surface area contributed by atoms with E-state index in [-0.39, 0.29) is 44.5 Å². The van der Waals surface area contributed by atoms with E-state index in [1.807, 2.05) is 0 Å². The van der Waals surface area contributed by atoms with Crippen molar-refractivity contribution in [2.45, 2.75) is 55.4 Å². The van der Waals surface area contributed by atoms with Crippen molar-refractivity contribution in [3.63, 3.8) is 0 Å². The van der Waals surface area contributed by atoms with Crippen molar-refractivity contribution in [1.29, 1.82) is 0 Å². The summed E-state index contributed by atoms with van der Waals surface area (Å²) in [4.78, 5) is 18.4. The summed E-state index contributed by atoms with van der Waals surface area (Å²) >= 11 is 0. The van der Waals surface area contributed by atoms with Gasteiger partial charge in [0, 0.05) is 44.5 Å². The maximum Gasteiger partial charge on any atom is 0.238 e. The first-order valence-electron chi connectivity index (χ1n) is 29.0. The van der Waals surface area contributed by atoms with Gasteiger partial charge in [-0.2, -0.15) is 0 Å². The van der Waals surface area contributed by atoms with Crippen LogP contribution >= 0.6 is 0 Å². The molecule has 15 rings (SSSR count). The number of rotatable bonds is 0. The maximum atomic E-state index is 10.8. The summed E-state index contributed by atoms with van der Waals surface area (Å²) in [6.07, 6.45) is 0. The van der Waals surface area contributed by atoms with E-state index in [0.29, 0.717) is 91.2 Å². The molecule has 0 saturated carbocycles. The fourth-order valence-corrected chi connectivity index (χ4v) is 8.27. The average Bonchev–Trinajstić information content (AvgIpc) is 2.21. The van der Waals surface area contributed by atoms with Crippen molar-refractivity contribution < 1.29 is 40.9 Å². The molecule has 8 aromatic rings. The van der Waals surface area contributed by atoms with E-state index < -0.39 is 47.2 Å². The van der Waals surface area contributed by atoms with Crippen molar-refractivity contribution in [1.82, 2.24) is 19.9 Å². The van der Waals surface area contributed by atoms with E-state index in [1.54, 1.807) is 128 Å². The first kappa shape index (κ1) is 67.0. The van der Waals surface area contributed by atoms with E-state index in [1.165, 1.54) is 97.1 Å². The molecule has 28 nitrogen and oxygen atoms in total. The molecule has 0 radical (unpaired) electrons. The molecule has 0 fully saturated rings. The van der Waals surface area contributed by atoms with Crippen LogP contribution in [-0.4, -0.2) is 154 Å². The van der Waals surface area contributed by atoms with Crippen LogP contribution in [0.3, 0.4) is 0 Å². The van der Waals surface area contributed by atoms with Crippen LogP contribution in [0.1, 0.15) is 145 Å². The largest absolute Gasteiger partial charge is 0.492 e. The van der Waals surface area contributed by atoms with Crippen molar-refractivity contribution in [2.24, 2.45) is 81.6 Å². The van der Waals surface area contributed by atoms with Gasteiger partial charge < -0.3 is 40.9 Å². The Morgan fingerprint density at radius 3 is 0.365 bits per heavy atom. The van der Waals surface area contributed by atoms with Gasteiger partial charge in [0.15, 0.2) is 0 Å². The van der Waals surface area contributed by atoms with Crippen LogP contribution in [-0.2, 0) is 0 Å². The Bertz CT molecular complexity index is 3900. The van der Waals surface area contributed by atoms with Gasteiger partial charge in [0.25, 0.3) is 0 Å². The second kappa shape index (κ2) is 31.1. The molecule has 0 saturated heterocycles. The van der Waals surface area contributed by atoms with Crippen LogP contribution in [0.4, 0.5) is 0 Å². The van der Waals surface area contributed by atoms with Crippen molar-refractivity contribution in [2.75, 3.05) is 0 Å². The molecule has 0 spiro atoms. The Balaban J connectivity index is 0.960. The van der Waals surface area contributed by atoms with Gasteiger partial charge in [0.1, 0.15) is 0 Å². The Labute approximate surface area is 548 Å². The van der Waals surface area contributed by atoms with E-state index in [9.17, 15) is 40.9 Å². The molecule has 96 heavy (non-hydrogen) atoms. The van der Waals surface area contributed by atoms with E-state index >= 15 is 0 Å². The topological polar surface area (TPSA) is 411 Å². The van der Waals surface area contributed by atoms with Crippen molar-refractivity contribution >= 4 is 92.9 Å². The van der Waals surface area contributed by atoms with Crippen LogP contribution in [0.25, 0.3) is 0 Å². The number of hydrogen-bond donors (Lipinski definition) is 8. The van der Waals surface area contributed by atoms with Gasteiger partial charge in [-0.25, -0.2) is 19.9 Å². The smallest absolute Gasteiger partial charge is 0.238 e. The highest BCUT2D eigenvalue weighted by Gasteiger charge is 2.14. The van der Waals surface area contributed by atoms with E-state index in [2.05, 4.69) is 102 Å². The second-order valence-electron chi connectivity index (χ2n) is 20.8. The number of aromatic nitrogens is 4. The second-order valence-corrected chi connectivity index (χ2v) is 20.8. The number of aliphatic hydroxyl groups excluding tert-OH is 8. The van der Waals surface area contributed by atoms with Crippen LogP contribution in [0, 0.1) is 0 Å². The van der Waals surface area contributed by atoms with Gasteiger partial charge in [-0.15, -0.1) is 81.6 Å². The molecule has 16 bridgehead atoms. The highest BCUT2D eigenvalue weighted by Crippen LogP contribution is 2.15. The molecule has 0 atom stereocenters. The van der Waals surface area contributed by atoms with Gasteiger partial charge in [0.2, 0.25) is 47.2 Å². The third-order valence-corrected chi connectivity index (χ3v) is 13.9. The molecule has 28 heteroatoms. The third-order valence-electron chi connectivity index (χ3n) is 13.9. The first-order chi connectivity index (χ1) is 46.2. The van der Waals surface area contributed by atoms with Crippen LogP contribution in [0.5, 0.6) is 0 Å². The summed E-state index contributed by atoms with van der Waals surface area (Å²) < 4.78 is 0. The molecule has 7 aliphatic heterocycles. The molecule has 0 aliphatic carbocycles. The molecule has 8 N–H and O–H groups in total. The number of benzene rings is 4. The minimum atomic E-state index is -0.416. The Morgan fingerprint density at radius 1 is 0.156 bits per heavy atom. The Hall–Kier alpha value is -13.4. The summed E-state index contributed by atoms with van der Waals surface area (Å²) in [5.74, 6) is -3.33. The SMILES string of the molecule is C/C1=N\N=C(O)c2ccc(cc2)/C(O)=N/N=C(\C)c2cccc(n2)/C(C)=N/N=C(\O)c2ccc(cc2)C(O)=N/N=C(\C)c2cccc(n2)/C(C)=N/N=C(\O)c2ccc(cc2)/C(O)=N/N=C(\C)c2cccc(n2)/C(C)=N/N=C(\O)c2ccc(cc2)C(O)=N/N=C(\C)c2cccc1n2. The van der Waals surface area contributed by atoms with Crippen molar-refractivity contribution in [3.05, 3.63) is 260 Å². The predicted octanol–water partition coefficient (Wildman–Crippen LogP) is 11.4. The zero-order valence-electron chi connectivity index (χ0n) is 52.7. The van der Waals surface area contributed by atoms with Crippen molar-refractivity contribution in [3.8, 4) is 0 Å². The highest BCUT2D eigenvalue weighted by atomic mass is 16.3. The minimum absolute atomic E-state index is 0.286. The lowest BCUT2D eigenvalue weighted by Crippen LogP contribution is -2.07. The zero-order valence-corrected chi connectivity index (χ0v) is 52.7. The summed E-state index contributed by atoms with van der Waals surface area (Å²) in [5.41, 5.74) is 8.42. The molecule has 7 aliphatic rings. The maximum absolute atomic E-state index is 10.8. The molecule has 4 aromatic carbocycles. The minimum Gasteiger partial charge on any atom is -0.492 e. The Morgan fingerprint density at radius 2 is 0.260 bits per heavy atom. The quantitative estimate of drug-likeness (QED) is 0.0702. The third kappa shape index (κ3) is 17.5.